The Bertz CT molecular complexity index is 600. The van der Waals surface area contributed by atoms with Crippen LogP contribution in [0.15, 0.2) is 30.9 Å². The minimum Gasteiger partial charge on any atom is -0.396 e. The summed E-state index contributed by atoms with van der Waals surface area (Å²) in [6.07, 6.45) is 3.37. The molecule has 1 N–H and O–H groups in total. The lowest BCUT2D eigenvalue weighted by Gasteiger charge is -2.29. The summed E-state index contributed by atoms with van der Waals surface area (Å²) < 4.78 is 34.4. The van der Waals surface area contributed by atoms with Crippen molar-refractivity contribution in [2.45, 2.75) is 18.6 Å². The van der Waals surface area contributed by atoms with E-state index in [1.165, 1.54) is 24.8 Å². The molecule has 3 rings (SSSR count). The first-order valence-corrected chi connectivity index (χ1v) is 6.65. The molecule has 0 bridgehead atoms. The molecule has 112 valence electrons. The van der Waals surface area contributed by atoms with Crippen LogP contribution in [0.5, 0.6) is 0 Å². The molecular formula is C14H15F2N3O2. The lowest BCUT2D eigenvalue weighted by Crippen LogP contribution is -2.32. The second kappa shape index (κ2) is 5.50. The van der Waals surface area contributed by atoms with Crippen molar-refractivity contribution < 1.29 is 18.6 Å². The normalized spacial score (nSPS) is 25.4. The van der Waals surface area contributed by atoms with Gasteiger partial charge in [-0.2, -0.15) is 5.10 Å². The van der Waals surface area contributed by atoms with E-state index in [0.717, 1.165) is 6.07 Å². The number of benzene rings is 1. The van der Waals surface area contributed by atoms with Crippen molar-refractivity contribution in [3.05, 3.63) is 48.1 Å². The van der Waals surface area contributed by atoms with Crippen LogP contribution in [0.2, 0.25) is 0 Å². The molecule has 1 aromatic carbocycles. The Kier molecular flexibility index (Phi) is 3.69. The molecule has 0 aliphatic carbocycles. The molecule has 2 aromatic rings. The minimum atomic E-state index is -0.913. The third-order valence-electron chi connectivity index (χ3n) is 3.74. The van der Waals surface area contributed by atoms with Gasteiger partial charge in [0.05, 0.1) is 13.2 Å². The first kappa shape index (κ1) is 14.1. The third kappa shape index (κ3) is 2.79. The van der Waals surface area contributed by atoms with E-state index in [-0.39, 0.29) is 19.1 Å². The summed E-state index contributed by atoms with van der Waals surface area (Å²) in [5.74, 6) is -1.38. The van der Waals surface area contributed by atoms with Crippen LogP contribution in [0, 0.1) is 17.6 Å². The highest BCUT2D eigenvalue weighted by atomic mass is 19.1. The second-order valence-corrected chi connectivity index (χ2v) is 5.31. The molecule has 0 unspecified atom stereocenters. The number of aromatic nitrogens is 3. The predicted octanol–water partition coefficient (Wildman–Crippen LogP) is 1.48. The highest BCUT2D eigenvalue weighted by Crippen LogP contribution is 2.40. The zero-order chi connectivity index (χ0) is 14.9. The Labute approximate surface area is 120 Å². The fourth-order valence-corrected chi connectivity index (χ4v) is 2.77. The first-order valence-electron chi connectivity index (χ1n) is 6.65. The third-order valence-corrected chi connectivity index (χ3v) is 3.74. The van der Waals surface area contributed by atoms with Crippen LogP contribution in [0.4, 0.5) is 8.78 Å². The summed E-state index contributed by atoms with van der Waals surface area (Å²) in [7, 11) is 0. The highest BCUT2D eigenvalue weighted by molar-refractivity contribution is 5.26. The van der Waals surface area contributed by atoms with Gasteiger partial charge in [-0.1, -0.05) is 0 Å². The van der Waals surface area contributed by atoms with Crippen LogP contribution in [0.25, 0.3) is 0 Å². The number of aliphatic hydroxyl groups excluding tert-OH is 1. The van der Waals surface area contributed by atoms with Gasteiger partial charge in [0.15, 0.2) is 0 Å². The molecule has 1 aliphatic heterocycles. The Morgan fingerprint density at radius 2 is 2.10 bits per heavy atom. The van der Waals surface area contributed by atoms with Crippen LogP contribution in [0.3, 0.4) is 0 Å². The number of nitrogens with zero attached hydrogens (tertiary/aromatic N) is 3. The number of rotatable bonds is 4. The van der Waals surface area contributed by atoms with Gasteiger partial charge in [-0.25, -0.2) is 18.4 Å². The van der Waals surface area contributed by atoms with Crippen molar-refractivity contribution in [3.8, 4) is 0 Å². The quantitative estimate of drug-likeness (QED) is 0.928. The number of halogens is 2. The number of ether oxygens (including phenoxy) is 1. The largest absolute Gasteiger partial charge is 0.396 e. The van der Waals surface area contributed by atoms with Crippen molar-refractivity contribution in [1.82, 2.24) is 14.8 Å². The van der Waals surface area contributed by atoms with Gasteiger partial charge in [-0.3, -0.25) is 0 Å². The number of aliphatic hydroxyl groups is 1. The summed E-state index contributed by atoms with van der Waals surface area (Å²) in [5.41, 5.74) is -0.504. The molecule has 0 amide bonds. The maximum atomic E-state index is 13.5. The standard InChI is InChI=1S/C14H15F2N3O2/c15-12-1-11(2-13(16)3-12)14(4-10(5-20)6-21-14)7-19-9-17-8-18-19/h1-3,8-10,20H,4-7H2/t10-,14+/m1/s1. The molecule has 7 heteroatoms. The van der Waals surface area contributed by atoms with Gasteiger partial charge in [-0.05, 0) is 24.1 Å². The van der Waals surface area contributed by atoms with Crippen molar-refractivity contribution in [1.29, 1.82) is 0 Å². The Hall–Kier alpha value is -1.86. The van der Waals surface area contributed by atoms with Crippen LogP contribution >= 0.6 is 0 Å². The van der Waals surface area contributed by atoms with Crippen LogP contribution in [-0.4, -0.2) is 33.1 Å². The van der Waals surface area contributed by atoms with Crippen molar-refractivity contribution in [3.63, 3.8) is 0 Å². The summed E-state index contributed by atoms with van der Waals surface area (Å²) in [4.78, 5) is 3.86. The summed E-state index contributed by atoms with van der Waals surface area (Å²) in [6, 6.07) is 3.35. The van der Waals surface area contributed by atoms with Gasteiger partial charge in [0.1, 0.15) is 29.9 Å². The summed E-state index contributed by atoms with van der Waals surface area (Å²) >= 11 is 0. The molecule has 0 saturated carbocycles. The van der Waals surface area contributed by atoms with Crippen LogP contribution in [0.1, 0.15) is 12.0 Å². The van der Waals surface area contributed by atoms with Crippen molar-refractivity contribution in [2.24, 2.45) is 5.92 Å². The lowest BCUT2D eigenvalue weighted by molar-refractivity contribution is -0.0185. The Morgan fingerprint density at radius 3 is 2.67 bits per heavy atom. The van der Waals surface area contributed by atoms with E-state index in [0.29, 0.717) is 18.6 Å². The van der Waals surface area contributed by atoms with Crippen LogP contribution in [-0.2, 0) is 16.9 Å². The number of hydrogen-bond donors (Lipinski definition) is 1. The molecule has 1 fully saturated rings. The monoisotopic (exact) mass is 295 g/mol. The maximum absolute atomic E-state index is 13.5. The van der Waals surface area contributed by atoms with Gasteiger partial charge in [0, 0.05) is 18.6 Å². The molecule has 2 atom stereocenters. The first-order chi connectivity index (χ1) is 10.1. The fraction of sp³-hybridized carbons (Fsp3) is 0.429. The van der Waals surface area contributed by atoms with Crippen molar-refractivity contribution >= 4 is 0 Å². The molecule has 0 spiro atoms. The van der Waals surface area contributed by atoms with E-state index >= 15 is 0 Å². The lowest BCUT2D eigenvalue weighted by atomic mass is 9.87. The predicted molar refractivity (Wildman–Crippen MR) is 69.2 cm³/mol. The molecule has 0 radical (unpaired) electrons. The second-order valence-electron chi connectivity index (χ2n) is 5.31. The number of hydrogen-bond acceptors (Lipinski definition) is 4. The fourth-order valence-electron chi connectivity index (χ4n) is 2.77. The maximum Gasteiger partial charge on any atom is 0.137 e. The average molecular weight is 295 g/mol. The molecule has 21 heavy (non-hydrogen) atoms. The van der Waals surface area contributed by atoms with Crippen LogP contribution < -0.4 is 0 Å². The zero-order valence-electron chi connectivity index (χ0n) is 11.2. The van der Waals surface area contributed by atoms with Gasteiger partial charge in [0.25, 0.3) is 0 Å². The highest BCUT2D eigenvalue weighted by Gasteiger charge is 2.43. The molecule has 1 aromatic heterocycles. The zero-order valence-corrected chi connectivity index (χ0v) is 11.2. The summed E-state index contributed by atoms with van der Waals surface area (Å²) in [6.45, 7) is 0.590. The molecule has 2 heterocycles. The Balaban J connectivity index is 1.99. The van der Waals surface area contributed by atoms with Gasteiger partial charge >= 0.3 is 0 Å². The van der Waals surface area contributed by atoms with E-state index < -0.39 is 17.2 Å². The van der Waals surface area contributed by atoms with E-state index in [4.69, 9.17) is 4.74 Å². The van der Waals surface area contributed by atoms with Gasteiger partial charge in [-0.15, -0.1) is 0 Å². The SMILES string of the molecule is OC[C@@H]1CO[C@@](Cn2cncn2)(c2cc(F)cc(F)c2)C1. The van der Waals surface area contributed by atoms with E-state index in [1.54, 1.807) is 4.68 Å². The van der Waals surface area contributed by atoms with Crippen molar-refractivity contribution in [2.75, 3.05) is 13.2 Å². The van der Waals surface area contributed by atoms with Gasteiger partial charge in [0.2, 0.25) is 0 Å². The van der Waals surface area contributed by atoms with E-state index in [2.05, 4.69) is 10.1 Å². The molecule has 1 saturated heterocycles. The topological polar surface area (TPSA) is 60.2 Å². The smallest absolute Gasteiger partial charge is 0.137 e. The average Bonchev–Trinajstić information content (AvgIpc) is 3.08. The Morgan fingerprint density at radius 1 is 1.33 bits per heavy atom. The van der Waals surface area contributed by atoms with E-state index in [9.17, 15) is 13.9 Å². The molecule has 1 aliphatic rings. The molecule has 5 nitrogen and oxygen atoms in total. The minimum absolute atomic E-state index is 0.0308. The van der Waals surface area contributed by atoms with Gasteiger partial charge < -0.3 is 9.84 Å². The summed E-state index contributed by atoms with van der Waals surface area (Å²) in [5, 5.41) is 13.3. The van der Waals surface area contributed by atoms with E-state index in [1.807, 2.05) is 0 Å². The molecular weight excluding hydrogens is 280 g/mol.